The number of carboxylic acids is 1. The molecule has 0 heterocycles. The first kappa shape index (κ1) is 17.7. The standard InChI is InChI=1S/C14H28N2O3/c1-9(2)7-16(8-10(3)4)14(19)15-12(11(5)6)13(17)18/h9-12H,7-8H2,1-6H3,(H,15,19)(H,17,18). The van der Waals surface area contributed by atoms with Gasteiger partial charge in [-0.05, 0) is 17.8 Å². The van der Waals surface area contributed by atoms with Gasteiger partial charge in [-0.3, -0.25) is 0 Å². The number of aliphatic carboxylic acids is 1. The Kier molecular flexibility index (Phi) is 7.49. The quantitative estimate of drug-likeness (QED) is 0.747. The number of hydrogen-bond acceptors (Lipinski definition) is 2. The Morgan fingerprint density at radius 2 is 1.42 bits per heavy atom. The molecule has 2 N–H and O–H groups in total. The van der Waals surface area contributed by atoms with Crippen molar-refractivity contribution in [3.63, 3.8) is 0 Å². The van der Waals surface area contributed by atoms with Crippen molar-refractivity contribution in [1.82, 2.24) is 10.2 Å². The summed E-state index contributed by atoms with van der Waals surface area (Å²) >= 11 is 0. The Morgan fingerprint density at radius 1 is 1.00 bits per heavy atom. The van der Waals surface area contributed by atoms with E-state index < -0.39 is 12.0 Å². The zero-order valence-corrected chi connectivity index (χ0v) is 12.9. The van der Waals surface area contributed by atoms with Crippen molar-refractivity contribution in [2.45, 2.75) is 47.6 Å². The molecule has 0 aromatic rings. The fourth-order valence-corrected chi connectivity index (χ4v) is 1.86. The summed E-state index contributed by atoms with van der Waals surface area (Å²) in [4.78, 5) is 25.0. The maximum absolute atomic E-state index is 12.2. The van der Waals surface area contributed by atoms with Gasteiger partial charge in [0.1, 0.15) is 6.04 Å². The number of carbonyl (C=O) groups excluding carboxylic acids is 1. The van der Waals surface area contributed by atoms with E-state index in [4.69, 9.17) is 5.11 Å². The second kappa shape index (κ2) is 8.02. The topological polar surface area (TPSA) is 69.6 Å². The SMILES string of the molecule is CC(C)CN(CC(C)C)C(=O)NC(C(=O)O)C(C)C. The van der Waals surface area contributed by atoms with Crippen LogP contribution in [-0.4, -0.2) is 41.1 Å². The molecule has 1 atom stereocenters. The predicted molar refractivity (Wildman–Crippen MR) is 76.0 cm³/mol. The Morgan fingerprint density at radius 3 is 1.68 bits per heavy atom. The zero-order valence-electron chi connectivity index (χ0n) is 12.9. The Bertz CT molecular complexity index is 291. The van der Waals surface area contributed by atoms with Crippen LogP contribution in [0.25, 0.3) is 0 Å². The van der Waals surface area contributed by atoms with E-state index >= 15 is 0 Å². The highest BCUT2D eigenvalue weighted by molar-refractivity contribution is 5.82. The first-order valence-electron chi connectivity index (χ1n) is 6.93. The van der Waals surface area contributed by atoms with Crippen LogP contribution in [-0.2, 0) is 4.79 Å². The summed E-state index contributed by atoms with van der Waals surface area (Å²) in [5.41, 5.74) is 0. The highest BCUT2D eigenvalue weighted by atomic mass is 16.4. The van der Waals surface area contributed by atoms with Crippen LogP contribution >= 0.6 is 0 Å². The fourth-order valence-electron chi connectivity index (χ4n) is 1.86. The monoisotopic (exact) mass is 272 g/mol. The van der Waals surface area contributed by atoms with E-state index in [-0.39, 0.29) is 11.9 Å². The molecular formula is C14H28N2O3. The third-order valence-corrected chi connectivity index (χ3v) is 2.67. The third kappa shape index (κ3) is 7.03. The van der Waals surface area contributed by atoms with Gasteiger partial charge in [-0.25, -0.2) is 9.59 Å². The second-order valence-corrected chi connectivity index (χ2v) is 6.20. The molecule has 0 aliphatic heterocycles. The fraction of sp³-hybridized carbons (Fsp3) is 0.857. The molecule has 19 heavy (non-hydrogen) atoms. The van der Waals surface area contributed by atoms with E-state index in [0.717, 1.165) is 0 Å². The Labute approximate surface area is 116 Å². The lowest BCUT2D eigenvalue weighted by Crippen LogP contribution is -2.51. The summed E-state index contributed by atoms with van der Waals surface area (Å²) in [6, 6.07) is -1.13. The van der Waals surface area contributed by atoms with Crippen molar-refractivity contribution in [2.75, 3.05) is 13.1 Å². The molecule has 0 saturated carbocycles. The van der Waals surface area contributed by atoms with Crippen LogP contribution in [0.3, 0.4) is 0 Å². The third-order valence-electron chi connectivity index (χ3n) is 2.67. The molecule has 0 aliphatic carbocycles. The van der Waals surface area contributed by atoms with Crippen molar-refractivity contribution in [2.24, 2.45) is 17.8 Å². The van der Waals surface area contributed by atoms with Crippen LogP contribution in [0.1, 0.15) is 41.5 Å². The van der Waals surface area contributed by atoms with Gasteiger partial charge in [0.15, 0.2) is 0 Å². The van der Waals surface area contributed by atoms with Crippen LogP contribution in [0.4, 0.5) is 4.79 Å². The van der Waals surface area contributed by atoms with Crippen LogP contribution in [0, 0.1) is 17.8 Å². The van der Waals surface area contributed by atoms with Crippen molar-refractivity contribution < 1.29 is 14.7 Å². The molecule has 5 heteroatoms. The van der Waals surface area contributed by atoms with E-state index in [1.54, 1.807) is 18.7 Å². The highest BCUT2D eigenvalue weighted by Crippen LogP contribution is 2.07. The first-order valence-corrected chi connectivity index (χ1v) is 6.93. The lowest BCUT2D eigenvalue weighted by Gasteiger charge is -2.29. The van der Waals surface area contributed by atoms with Crippen LogP contribution in [0.2, 0.25) is 0 Å². The van der Waals surface area contributed by atoms with Crippen LogP contribution in [0.5, 0.6) is 0 Å². The summed E-state index contributed by atoms with van der Waals surface area (Å²) in [5, 5.41) is 11.7. The number of carboxylic acid groups (broad SMARTS) is 1. The summed E-state index contributed by atoms with van der Waals surface area (Å²) in [7, 11) is 0. The number of amides is 2. The highest BCUT2D eigenvalue weighted by Gasteiger charge is 2.26. The van der Waals surface area contributed by atoms with Gasteiger partial charge in [0.05, 0.1) is 0 Å². The molecule has 0 saturated heterocycles. The maximum Gasteiger partial charge on any atom is 0.326 e. The number of rotatable bonds is 7. The van der Waals surface area contributed by atoms with Gasteiger partial charge in [-0.1, -0.05) is 41.5 Å². The van der Waals surface area contributed by atoms with Crippen molar-refractivity contribution in [3.8, 4) is 0 Å². The molecule has 0 aliphatic rings. The van der Waals surface area contributed by atoms with Gasteiger partial charge < -0.3 is 15.3 Å². The largest absolute Gasteiger partial charge is 0.480 e. The number of nitrogens with zero attached hydrogens (tertiary/aromatic N) is 1. The lowest BCUT2D eigenvalue weighted by atomic mass is 10.1. The van der Waals surface area contributed by atoms with Crippen molar-refractivity contribution in [3.05, 3.63) is 0 Å². The van der Waals surface area contributed by atoms with Gasteiger partial charge in [-0.2, -0.15) is 0 Å². The Hall–Kier alpha value is -1.26. The summed E-state index contributed by atoms with van der Waals surface area (Å²) in [6.07, 6.45) is 0. The summed E-state index contributed by atoms with van der Waals surface area (Å²) in [6.45, 7) is 13.0. The minimum Gasteiger partial charge on any atom is -0.480 e. The minimum atomic E-state index is -0.989. The first-order chi connectivity index (χ1) is 8.65. The second-order valence-electron chi connectivity index (χ2n) is 6.20. The average molecular weight is 272 g/mol. The van der Waals surface area contributed by atoms with E-state index in [9.17, 15) is 9.59 Å². The molecule has 0 bridgehead atoms. The molecule has 112 valence electrons. The van der Waals surface area contributed by atoms with Crippen molar-refractivity contribution >= 4 is 12.0 Å². The maximum atomic E-state index is 12.2. The molecule has 5 nitrogen and oxygen atoms in total. The minimum absolute atomic E-state index is 0.138. The van der Waals surface area contributed by atoms with Crippen molar-refractivity contribution in [1.29, 1.82) is 0 Å². The molecule has 0 fully saturated rings. The molecule has 0 radical (unpaired) electrons. The number of urea groups is 1. The normalized spacial score (nSPS) is 12.9. The van der Waals surface area contributed by atoms with Gasteiger partial charge in [0.2, 0.25) is 0 Å². The summed E-state index contributed by atoms with van der Waals surface area (Å²) in [5.74, 6) is -0.419. The summed E-state index contributed by atoms with van der Waals surface area (Å²) < 4.78 is 0. The van der Waals surface area contributed by atoms with E-state index in [1.807, 2.05) is 27.7 Å². The average Bonchev–Trinajstić information content (AvgIpc) is 2.22. The van der Waals surface area contributed by atoms with E-state index in [1.165, 1.54) is 0 Å². The molecule has 0 aromatic heterocycles. The Balaban J connectivity index is 4.73. The van der Waals surface area contributed by atoms with Gasteiger partial charge in [0, 0.05) is 13.1 Å². The van der Waals surface area contributed by atoms with Gasteiger partial charge in [0.25, 0.3) is 0 Å². The predicted octanol–water partition coefficient (Wildman–Crippen LogP) is 2.42. The lowest BCUT2D eigenvalue weighted by molar-refractivity contribution is -0.140. The van der Waals surface area contributed by atoms with Crippen LogP contribution in [0.15, 0.2) is 0 Å². The zero-order chi connectivity index (χ0) is 15.2. The number of carbonyl (C=O) groups is 2. The molecule has 0 spiro atoms. The molecule has 2 amide bonds. The smallest absolute Gasteiger partial charge is 0.326 e. The molecule has 0 rings (SSSR count). The van der Waals surface area contributed by atoms with Gasteiger partial charge in [-0.15, -0.1) is 0 Å². The van der Waals surface area contributed by atoms with Gasteiger partial charge >= 0.3 is 12.0 Å². The molecular weight excluding hydrogens is 244 g/mol. The van der Waals surface area contributed by atoms with E-state index in [0.29, 0.717) is 24.9 Å². The molecule has 0 aromatic carbocycles. The number of nitrogens with one attached hydrogen (secondary N) is 1. The van der Waals surface area contributed by atoms with Crippen LogP contribution < -0.4 is 5.32 Å². The number of hydrogen-bond donors (Lipinski definition) is 2. The van der Waals surface area contributed by atoms with E-state index in [2.05, 4.69) is 5.32 Å². The molecule has 1 unspecified atom stereocenters.